The van der Waals surface area contributed by atoms with Gasteiger partial charge >= 0.3 is 5.97 Å². The van der Waals surface area contributed by atoms with Crippen molar-refractivity contribution in [3.8, 4) is 0 Å². The molecule has 17 heavy (non-hydrogen) atoms. The van der Waals surface area contributed by atoms with Gasteiger partial charge in [-0.2, -0.15) is 0 Å². The van der Waals surface area contributed by atoms with Gasteiger partial charge in [-0.25, -0.2) is 9.79 Å². The van der Waals surface area contributed by atoms with Crippen LogP contribution >= 0.6 is 11.6 Å². The van der Waals surface area contributed by atoms with Gasteiger partial charge in [0.25, 0.3) is 0 Å². The van der Waals surface area contributed by atoms with Gasteiger partial charge in [0.1, 0.15) is 6.26 Å². The third-order valence-corrected chi connectivity index (χ3v) is 2.42. The highest BCUT2D eigenvalue weighted by molar-refractivity contribution is 6.34. The molecular weight excluding hydrogens is 242 g/mol. The number of rotatable bonds is 3. The van der Waals surface area contributed by atoms with Crippen LogP contribution in [0.4, 0.5) is 0 Å². The van der Waals surface area contributed by atoms with Gasteiger partial charge in [-0.05, 0) is 19.1 Å². The molecule has 0 saturated heterocycles. The molecule has 0 spiro atoms. The van der Waals surface area contributed by atoms with Crippen LogP contribution in [0.25, 0.3) is 0 Å². The van der Waals surface area contributed by atoms with Crippen molar-refractivity contribution in [1.29, 1.82) is 0 Å². The molecule has 1 aliphatic heterocycles. The van der Waals surface area contributed by atoms with Crippen molar-refractivity contribution in [2.75, 3.05) is 6.61 Å². The van der Waals surface area contributed by atoms with Gasteiger partial charge < -0.3 is 9.47 Å². The number of esters is 1. The number of hydrogen-bond acceptors (Lipinski definition) is 4. The first-order chi connectivity index (χ1) is 8.22. The molecule has 0 bridgehead atoms. The number of ether oxygens (including phenoxy) is 2. The fourth-order valence-corrected chi connectivity index (χ4v) is 1.52. The summed E-state index contributed by atoms with van der Waals surface area (Å²) in [6.07, 6.45) is 1.28. The zero-order valence-corrected chi connectivity index (χ0v) is 9.90. The molecule has 0 atom stereocenters. The first-order valence-electron chi connectivity index (χ1n) is 5.10. The molecule has 0 saturated carbocycles. The van der Waals surface area contributed by atoms with Crippen LogP contribution in [0.15, 0.2) is 41.2 Å². The fourth-order valence-electron chi connectivity index (χ4n) is 1.30. The quantitative estimate of drug-likeness (QED) is 0.471. The van der Waals surface area contributed by atoms with E-state index in [1.54, 1.807) is 24.3 Å². The van der Waals surface area contributed by atoms with Gasteiger partial charge in [-0.3, -0.25) is 0 Å². The molecule has 1 aromatic carbocycles. The SMILES string of the molecule is CCO/C=C1\N=C(c2ccccc2Cl)OC1=O. The van der Waals surface area contributed by atoms with Crippen LogP contribution in [-0.2, 0) is 14.3 Å². The topological polar surface area (TPSA) is 47.9 Å². The zero-order valence-electron chi connectivity index (χ0n) is 9.14. The summed E-state index contributed by atoms with van der Waals surface area (Å²) in [5.74, 6) is -0.333. The average molecular weight is 252 g/mol. The Balaban J connectivity index is 2.30. The maximum atomic E-state index is 11.4. The minimum atomic E-state index is -0.534. The second kappa shape index (κ2) is 5.01. The van der Waals surface area contributed by atoms with Crippen LogP contribution in [0.1, 0.15) is 12.5 Å². The summed E-state index contributed by atoms with van der Waals surface area (Å²) < 4.78 is 10.0. The highest BCUT2D eigenvalue weighted by atomic mass is 35.5. The summed E-state index contributed by atoms with van der Waals surface area (Å²) in [7, 11) is 0. The minimum Gasteiger partial charge on any atom is -0.499 e. The van der Waals surface area contributed by atoms with E-state index >= 15 is 0 Å². The molecule has 88 valence electrons. The van der Waals surface area contributed by atoms with Crippen LogP contribution in [0, 0.1) is 0 Å². The lowest BCUT2D eigenvalue weighted by Gasteiger charge is -2.00. The van der Waals surface area contributed by atoms with E-state index in [4.69, 9.17) is 21.1 Å². The number of hydrogen-bond donors (Lipinski definition) is 0. The Morgan fingerprint density at radius 2 is 2.24 bits per heavy atom. The Morgan fingerprint density at radius 1 is 1.47 bits per heavy atom. The van der Waals surface area contributed by atoms with Crippen molar-refractivity contribution in [3.05, 3.63) is 46.8 Å². The molecule has 0 unspecified atom stereocenters. The first-order valence-corrected chi connectivity index (χ1v) is 5.47. The van der Waals surface area contributed by atoms with Gasteiger partial charge in [-0.15, -0.1) is 0 Å². The van der Waals surface area contributed by atoms with E-state index in [1.807, 2.05) is 6.92 Å². The Morgan fingerprint density at radius 3 is 2.94 bits per heavy atom. The van der Waals surface area contributed by atoms with Crippen molar-refractivity contribution in [2.24, 2.45) is 4.99 Å². The monoisotopic (exact) mass is 251 g/mol. The fraction of sp³-hybridized carbons (Fsp3) is 0.167. The van der Waals surface area contributed by atoms with Crippen LogP contribution in [0.5, 0.6) is 0 Å². The standard InChI is InChI=1S/C12H10ClNO3/c1-2-16-7-10-12(15)17-11(14-10)8-5-3-4-6-9(8)13/h3-7H,2H2,1H3/b10-7-. The van der Waals surface area contributed by atoms with Gasteiger partial charge in [-0.1, -0.05) is 23.7 Å². The Hall–Kier alpha value is -1.81. The number of benzene rings is 1. The number of halogens is 1. The highest BCUT2D eigenvalue weighted by Crippen LogP contribution is 2.22. The van der Waals surface area contributed by atoms with Crippen molar-refractivity contribution in [3.63, 3.8) is 0 Å². The second-order valence-corrected chi connectivity index (χ2v) is 3.65. The van der Waals surface area contributed by atoms with Crippen molar-refractivity contribution >= 4 is 23.5 Å². The Bertz CT molecular complexity index is 508. The lowest BCUT2D eigenvalue weighted by Crippen LogP contribution is -2.05. The summed E-state index contributed by atoms with van der Waals surface area (Å²) >= 11 is 5.98. The van der Waals surface area contributed by atoms with Crippen LogP contribution < -0.4 is 0 Å². The van der Waals surface area contributed by atoms with Crippen molar-refractivity contribution < 1.29 is 14.3 Å². The molecule has 1 aliphatic rings. The van der Waals surface area contributed by atoms with E-state index in [9.17, 15) is 4.79 Å². The Kier molecular flexibility index (Phi) is 3.44. The van der Waals surface area contributed by atoms with Crippen LogP contribution in [0.3, 0.4) is 0 Å². The lowest BCUT2D eigenvalue weighted by atomic mass is 10.2. The van der Waals surface area contributed by atoms with E-state index in [-0.39, 0.29) is 11.6 Å². The van der Waals surface area contributed by atoms with E-state index in [1.165, 1.54) is 6.26 Å². The van der Waals surface area contributed by atoms with E-state index < -0.39 is 5.97 Å². The van der Waals surface area contributed by atoms with E-state index in [2.05, 4.69) is 4.99 Å². The summed E-state index contributed by atoms with van der Waals surface area (Å²) in [6, 6.07) is 7.03. The molecule has 0 aromatic heterocycles. The zero-order chi connectivity index (χ0) is 12.3. The predicted molar refractivity (Wildman–Crippen MR) is 63.8 cm³/mol. The number of carbonyl (C=O) groups excluding carboxylic acids is 1. The summed E-state index contributed by atoms with van der Waals surface area (Å²) in [6.45, 7) is 2.28. The van der Waals surface area contributed by atoms with Crippen molar-refractivity contribution in [1.82, 2.24) is 0 Å². The van der Waals surface area contributed by atoms with E-state index in [0.29, 0.717) is 17.2 Å². The predicted octanol–water partition coefficient (Wildman–Crippen LogP) is 2.52. The largest absolute Gasteiger partial charge is 0.499 e. The number of aliphatic imine (C=N–C) groups is 1. The normalized spacial score (nSPS) is 16.9. The molecule has 5 heteroatoms. The smallest absolute Gasteiger partial charge is 0.367 e. The number of carbonyl (C=O) groups is 1. The number of nitrogens with zero attached hydrogens (tertiary/aromatic N) is 1. The second-order valence-electron chi connectivity index (χ2n) is 3.24. The molecule has 0 fully saturated rings. The molecule has 1 aromatic rings. The molecule has 0 N–H and O–H groups in total. The maximum Gasteiger partial charge on any atom is 0.367 e. The first kappa shape index (κ1) is 11.7. The number of cyclic esters (lactones) is 1. The van der Waals surface area contributed by atoms with E-state index in [0.717, 1.165) is 0 Å². The molecular formula is C12H10ClNO3. The van der Waals surface area contributed by atoms with Gasteiger partial charge in [0.05, 0.1) is 17.2 Å². The molecule has 1 heterocycles. The van der Waals surface area contributed by atoms with Crippen LogP contribution in [0.2, 0.25) is 5.02 Å². The lowest BCUT2D eigenvalue weighted by molar-refractivity contribution is -0.130. The molecule has 0 radical (unpaired) electrons. The third-order valence-electron chi connectivity index (χ3n) is 2.09. The Labute approximate surface area is 104 Å². The summed E-state index contributed by atoms with van der Waals surface area (Å²) in [5.41, 5.74) is 0.726. The average Bonchev–Trinajstić information content (AvgIpc) is 2.68. The summed E-state index contributed by atoms with van der Waals surface area (Å²) in [5, 5.41) is 0.483. The molecule has 2 rings (SSSR count). The van der Waals surface area contributed by atoms with Gasteiger partial charge in [0.15, 0.2) is 5.70 Å². The maximum absolute atomic E-state index is 11.4. The minimum absolute atomic E-state index is 0.141. The highest BCUT2D eigenvalue weighted by Gasteiger charge is 2.25. The molecule has 4 nitrogen and oxygen atoms in total. The third kappa shape index (κ3) is 2.47. The van der Waals surface area contributed by atoms with Gasteiger partial charge in [0, 0.05) is 0 Å². The molecule has 0 aliphatic carbocycles. The molecule has 0 amide bonds. The van der Waals surface area contributed by atoms with Crippen LogP contribution in [-0.4, -0.2) is 18.5 Å². The van der Waals surface area contributed by atoms with Crippen molar-refractivity contribution in [2.45, 2.75) is 6.92 Å². The summed E-state index contributed by atoms with van der Waals surface area (Å²) in [4.78, 5) is 15.5. The van der Waals surface area contributed by atoms with Gasteiger partial charge in [0.2, 0.25) is 5.90 Å².